The summed E-state index contributed by atoms with van der Waals surface area (Å²) in [6.45, 7) is 0.259. The summed E-state index contributed by atoms with van der Waals surface area (Å²) in [5.41, 5.74) is 1.83. The van der Waals surface area contributed by atoms with E-state index < -0.39 is 6.04 Å². The van der Waals surface area contributed by atoms with Gasteiger partial charge in [0.2, 0.25) is 11.8 Å². The van der Waals surface area contributed by atoms with Gasteiger partial charge in [-0.1, -0.05) is 91.0 Å². The first-order valence-corrected chi connectivity index (χ1v) is 14.5. The molecule has 0 bridgehead atoms. The van der Waals surface area contributed by atoms with E-state index in [1.54, 1.807) is 4.90 Å². The van der Waals surface area contributed by atoms with Crippen molar-refractivity contribution in [2.75, 3.05) is 5.75 Å². The number of rotatable bonds is 10. The summed E-state index contributed by atoms with van der Waals surface area (Å²) in [5.74, 6) is -0.0131. The second-order valence-corrected chi connectivity index (χ2v) is 11.3. The van der Waals surface area contributed by atoms with Gasteiger partial charge in [-0.15, -0.1) is 11.8 Å². The molecule has 4 nitrogen and oxygen atoms in total. The first kappa shape index (κ1) is 27.6. The molecule has 1 fully saturated rings. The van der Waals surface area contributed by atoms with Crippen LogP contribution in [0.25, 0.3) is 0 Å². The fourth-order valence-electron chi connectivity index (χ4n) is 4.67. The van der Waals surface area contributed by atoms with Gasteiger partial charge in [-0.25, -0.2) is 0 Å². The van der Waals surface area contributed by atoms with E-state index in [2.05, 4.69) is 5.32 Å². The third-order valence-electron chi connectivity index (χ3n) is 6.70. The van der Waals surface area contributed by atoms with Gasteiger partial charge in [0.15, 0.2) is 0 Å². The van der Waals surface area contributed by atoms with Crippen LogP contribution in [0.2, 0.25) is 10.0 Å². The molecule has 194 valence electrons. The largest absolute Gasteiger partial charge is 0.352 e. The highest BCUT2D eigenvalue weighted by atomic mass is 35.5. The molecule has 0 heterocycles. The standard InChI is InChI=1S/C30H32Cl2N2O2S/c31-24-15-17-26(18-16-24)37-21-29(35)34(20-23-11-7-8-14-27(23)32)28(19-22-9-3-1-4-10-22)30(36)33-25-12-5-2-6-13-25/h1,3-4,7-11,14-18,25,28H,2,5-6,12-13,19-21H2,(H,33,36). The first-order chi connectivity index (χ1) is 18.0. The van der Waals surface area contributed by atoms with Gasteiger partial charge < -0.3 is 10.2 Å². The van der Waals surface area contributed by atoms with Crippen molar-refractivity contribution in [3.63, 3.8) is 0 Å². The van der Waals surface area contributed by atoms with E-state index in [4.69, 9.17) is 23.2 Å². The Hall–Kier alpha value is -2.47. The average Bonchev–Trinajstić information content (AvgIpc) is 2.92. The molecule has 0 radical (unpaired) electrons. The van der Waals surface area contributed by atoms with Gasteiger partial charge in [0.1, 0.15) is 6.04 Å². The monoisotopic (exact) mass is 554 g/mol. The van der Waals surface area contributed by atoms with Crippen molar-refractivity contribution in [1.29, 1.82) is 0 Å². The minimum atomic E-state index is -0.654. The lowest BCUT2D eigenvalue weighted by Gasteiger charge is -2.33. The first-order valence-electron chi connectivity index (χ1n) is 12.7. The fraction of sp³-hybridized carbons (Fsp3) is 0.333. The molecule has 7 heteroatoms. The number of hydrogen-bond donors (Lipinski definition) is 1. The second-order valence-electron chi connectivity index (χ2n) is 9.40. The van der Waals surface area contributed by atoms with E-state index in [0.29, 0.717) is 16.5 Å². The Morgan fingerprint density at radius 3 is 2.27 bits per heavy atom. The van der Waals surface area contributed by atoms with Crippen molar-refractivity contribution < 1.29 is 9.59 Å². The van der Waals surface area contributed by atoms with Crippen LogP contribution in [-0.4, -0.2) is 34.6 Å². The Labute approximate surface area is 233 Å². The number of halogens is 2. The molecule has 3 aromatic rings. The molecule has 1 N–H and O–H groups in total. The minimum absolute atomic E-state index is 0.104. The number of nitrogens with one attached hydrogen (secondary N) is 1. The zero-order valence-corrected chi connectivity index (χ0v) is 23.1. The summed E-state index contributed by atoms with van der Waals surface area (Å²) < 4.78 is 0. The van der Waals surface area contributed by atoms with E-state index in [9.17, 15) is 9.59 Å². The summed E-state index contributed by atoms with van der Waals surface area (Å²) in [6.07, 6.45) is 5.84. The van der Waals surface area contributed by atoms with Crippen LogP contribution in [-0.2, 0) is 22.6 Å². The van der Waals surface area contributed by atoms with Crippen LogP contribution in [0, 0.1) is 0 Å². The maximum absolute atomic E-state index is 13.8. The van der Waals surface area contributed by atoms with Crippen LogP contribution in [0.15, 0.2) is 83.8 Å². The maximum Gasteiger partial charge on any atom is 0.243 e. The van der Waals surface area contributed by atoms with Crippen LogP contribution in [0.4, 0.5) is 0 Å². The third-order valence-corrected chi connectivity index (χ3v) is 8.31. The Morgan fingerprint density at radius 2 is 1.57 bits per heavy atom. The number of amides is 2. The van der Waals surface area contributed by atoms with Crippen LogP contribution >= 0.6 is 35.0 Å². The topological polar surface area (TPSA) is 49.4 Å². The lowest BCUT2D eigenvalue weighted by Crippen LogP contribution is -2.53. The van der Waals surface area contributed by atoms with Gasteiger partial charge in [0, 0.05) is 33.9 Å². The molecule has 2 amide bonds. The van der Waals surface area contributed by atoms with Crippen molar-refractivity contribution >= 4 is 46.8 Å². The van der Waals surface area contributed by atoms with Crippen LogP contribution in [0.3, 0.4) is 0 Å². The zero-order chi connectivity index (χ0) is 26.0. The molecule has 3 aromatic carbocycles. The number of nitrogens with zero attached hydrogens (tertiary/aromatic N) is 1. The number of carbonyl (C=O) groups is 2. The molecule has 0 spiro atoms. The summed E-state index contributed by atoms with van der Waals surface area (Å²) in [5, 5.41) is 4.50. The SMILES string of the molecule is O=C(NC1CCCCC1)C(Cc1ccccc1)N(Cc1ccccc1Cl)C(=O)CSc1ccc(Cl)cc1. The molecular weight excluding hydrogens is 523 g/mol. The lowest BCUT2D eigenvalue weighted by atomic mass is 9.94. The number of thioether (sulfide) groups is 1. The fourth-order valence-corrected chi connectivity index (χ4v) is 5.77. The average molecular weight is 556 g/mol. The van der Waals surface area contributed by atoms with Crippen LogP contribution in [0.5, 0.6) is 0 Å². The second kappa shape index (κ2) is 13.9. The minimum Gasteiger partial charge on any atom is -0.352 e. The van der Waals surface area contributed by atoms with Gasteiger partial charge in [-0.05, 0) is 54.3 Å². The van der Waals surface area contributed by atoms with E-state index in [1.807, 2.05) is 78.9 Å². The van der Waals surface area contributed by atoms with E-state index in [0.717, 1.165) is 41.7 Å². The van der Waals surface area contributed by atoms with Crippen molar-refractivity contribution in [3.05, 3.63) is 100 Å². The highest BCUT2D eigenvalue weighted by molar-refractivity contribution is 8.00. The predicted molar refractivity (Wildman–Crippen MR) is 153 cm³/mol. The van der Waals surface area contributed by atoms with Gasteiger partial charge in [0.25, 0.3) is 0 Å². The summed E-state index contributed by atoms with van der Waals surface area (Å²) >= 11 is 14.0. The number of hydrogen-bond acceptors (Lipinski definition) is 3. The van der Waals surface area contributed by atoms with Crippen molar-refractivity contribution in [1.82, 2.24) is 10.2 Å². The molecule has 1 atom stereocenters. The predicted octanol–water partition coefficient (Wildman–Crippen LogP) is 7.17. The van der Waals surface area contributed by atoms with Crippen LogP contribution < -0.4 is 5.32 Å². The Kier molecular flexibility index (Phi) is 10.4. The molecule has 1 aliphatic rings. The summed E-state index contributed by atoms with van der Waals surface area (Å²) in [6, 6.07) is 24.3. The number of carbonyl (C=O) groups excluding carboxylic acids is 2. The quantitative estimate of drug-likeness (QED) is 0.270. The Balaban J connectivity index is 1.61. The maximum atomic E-state index is 13.8. The lowest BCUT2D eigenvalue weighted by molar-refractivity contribution is -0.139. The normalized spacial score (nSPS) is 14.6. The Morgan fingerprint density at radius 1 is 0.892 bits per heavy atom. The van der Waals surface area contributed by atoms with Crippen molar-refractivity contribution in [3.8, 4) is 0 Å². The molecule has 1 saturated carbocycles. The van der Waals surface area contributed by atoms with Gasteiger partial charge in [-0.2, -0.15) is 0 Å². The van der Waals surface area contributed by atoms with Crippen molar-refractivity contribution in [2.45, 2.75) is 62.0 Å². The van der Waals surface area contributed by atoms with E-state index >= 15 is 0 Å². The highest BCUT2D eigenvalue weighted by Crippen LogP contribution is 2.25. The molecule has 4 rings (SSSR count). The summed E-state index contributed by atoms with van der Waals surface area (Å²) in [7, 11) is 0. The van der Waals surface area contributed by atoms with E-state index in [-0.39, 0.29) is 30.2 Å². The molecule has 0 aromatic heterocycles. The molecule has 37 heavy (non-hydrogen) atoms. The molecule has 1 aliphatic carbocycles. The Bertz CT molecular complexity index is 1170. The third kappa shape index (κ3) is 8.26. The molecule has 1 unspecified atom stereocenters. The van der Waals surface area contributed by atoms with Crippen molar-refractivity contribution in [2.24, 2.45) is 0 Å². The van der Waals surface area contributed by atoms with E-state index in [1.165, 1.54) is 18.2 Å². The smallest absolute Gasteiger partial charge is 0.243 e. The highest BCUT2D eigenvalue weighted by Gasteiger charge is 2.32. The molecular formula is C30H32Cl2N2O2S. The zero-order valence-electron chi connectivity index (χ0n) is 20.7. The van der Waals surface area contributed by atoms with Gasteiger partial charge in [-0.3, -0.25) is 9.59 Å². The summed E-state index contributed by atoms with van der Waals surface area (Å²) in [4.78, 5) is 30.2. The molecule has 0 saturated heterocycles. The van der Waals surface area contributed by atoms with Crippen LogP contribution in [0.1, 0.15) is 43.2 Å². The van der Waals surface area contributed by atoms with Gasteiger partial charge >= 0.3 is 0 Å². The number of benzene rings is 3. The van der Waals surface area contributed by atoms with Gasteiger partial charge in [0.05, 0.1) is 5.75 Å². The molecule has 0 aliphatic heterocycles.